The predicted octanol–water partition coefficient (Wildman–Crippen LogP) is 1.19. The van der Waals surface area contributed by atoms with Crippen LogP contribution in [0.2, 0.25) is 0 Å². The number of urea groups is 1. The number of carbonyl (C=O) groups is 2. The van der Waals surface area contributed by atoms with E-state index in [0.29, 0.717) is 6.54 Å². The van der Waals surface area contributed by atoms with E-state index in [9.17, 15) is 9.59 Å². The molecule has 1 saturated heterocycles. The van der Waals surface area contributed by atoms with Crippen LogP contribution in [0.15, 0.2) is 0 Å². The Bertz CT molecular complexity index is 235. The third kappa shape index (κ3) is 1.94. The summed E-state index contributed by atoms with van der Waals surface area (Å²) in [4.78, 5) is 25.7. The normalized spacial score (nSPS) is 19.9. The maximum Gasteiger partial charge on any atom is 0.328 e. The van der Waals surface area contributed by atoms with E-state index in [2.05, 4.69) is 11.7 Å². The third-order valence-electron chi connectivity index (χ3n) is 1.97. The first kappa shape index (κ1) is 10.7. The van der Waals surface area contributed by atoms with Gasteiger partial charge in [0.05, 0.1) is 5.37 Å². The molecule has 1 aliphatic rings. The number of hydrogen-bond donors (Lipinski definition) is 1. The van der Waals surface area contributed by atoms with Crippen molar-refractivity contribution in [1.82, 2.24) is 9.80 Å². The fourth-order valence-corrected chi connectivity index (χ4v) is 1.80. The largest absolute Gasteiger partial charge is 0.328 e. The van der Waals surface area contributed by atoms with Gasteiger partial charge in [-0.1, -0.05) is 10.8 Å². The quantitative estimate of drug-likeness (QED) is 0.441. The Labute approximate surface area is 86.4 Å². The van der Waals surface area contributed by atoms with Gasteiger partial charge in [-0.25, -0.2) is 9.69 Å². The molecule has 1 fully saturated rings. The number of carbonyl (C=O) groups excluding carboxylic acids is 2. The van der Waals surface area contributed by atoms with Crippen LogP contribution in [0.3, 0.4) is 0 Å². The SMILES string of the molecule is CCN1CC(=O)N(C(C)SS)C1=O. The highest BCUT2D eigenvalue weighted by atomic mass is 33.1. The molecule has 0 saturated carbocycles. The van der Waals surface area contributed by atoms with Crippen LogP contribution in [0.25, 0.3) is 0 Å². The number of nitrogens with zero attached hydrogens (tertiary/aromatic N) is 2. The first-order valence-electron chi connectivity index (χ1n) is 4.03. The summed E-state index contributed by atoms with van der Waals surface area (Å²) in [6.45, 7) is 4.42. The molecular formula is C7H12N2O2S2. The van der Waals surface area contributed by atoms with Gasteiger partial charge in [0.15, 0.2) is 0 Å². The first-order chi connectivity index (χ1) is 6.11. The Kier molecular flexibility index (Phi) is 3.49. The number of likely N-dealkylation sites (N-methyl/N-ethyl adjacent to an activating group) is 1. The summed E-state index contributed by atoms with van der Waals surface area (Å²) in [6, 6.07) is -0.207. The molecule has 6 heteroatoms. The molecule has 4 nitrogen and oxygen atoms in total. The molecule has 1 unspecified atom stereocenters. The molecule has 0 N–H and O–H groups in total. The summed E-state index contributed by atoms with van der Waals surface area (Å²) in [7, 11) is 1.19. The summed E-state index contributed by atoms with van der Waals surface area (Å²) < 4.78 is 0. The summed E-state index contributed by atoms with van der Waals surface area (Å²) in [6.07, 6.45) is 0. The molecule has 1 heterocycles. The van der Waals surface area contributed by atoms with Gasteiger partial charge in [0, 0.05) is 6.54 Å². The molecule has 1 aliphatic heterocycles. The Morgan fingerprint density at radius 1 is 1.62 bits per heavy atom. The highest BCUT2D eigenvalue weighted by molar-refractivity contribution is 8.68. The molecule has 3 amide bonds. The average molecular weight is 220 g/mol. The van der Waals surface area contributed by atoms with Gasteiger partial charge in [0.25, 0.3) is 5.91 Å². The van der Waals surface area contributed by atoms with Crippen LogP contribution in [0, 0.1) is 0 Å². The van der Waals surface area contributed by atoms with E-state index >= 15 is 0 Å². The second-order valence-corrected chi connectivity index (χ2v) is 4.29. The number of hydrogen-bond acceptors (Lipinski definition) is 4. The Morgan fingerprint density at radius 2 is 2.23 bits per heavy atom. The second-order valence-electron chi connectivity index (χ2n) is 2.77. The van der Waals surface area contributed by atoms with Crippen molar-refractivity contribution < 1.29 is 9.59 Å². The Balaban J connectivity index is 2.75. The lowest BCUT2D eigenvalue weighted by Crippen LogP contribution is -2.37. The van der Waals surface area contributed by atoms with E-state index in [1.807, 2.05) is 6.92 Å². The molecule has 0 aromatic heterocycles. The van der Waals surface area contributed by atoms with Gasteiger partial charge in [-0.15, -0.1) is 11.7 Å². The van der Waals surface area contributed by atoms with Crippen LogP contribution in [0.1, 0.15) is 13.8 Å². The molecule has 0 spiro atoms. The molecule has 0 radical (unpaired) electrons. The smallest absolute Gasteiger partial charge is 0.315 e. The topological polar surface area (TPSA) is 40.6 Å². The van der Waals surface area contributed by atoms with Crippen molar-refractivity contribution in [3.05, 3.63) is 0 Å². The monoisotopic (exact) mass is 220 g/mol. The minimum atomic E-state index is -0.207. The summed E-state index contributed by atoms with van der Waals surface area (Å²) in [5, 5.41) is -0.195. The van der Waals surface area contributed by atoms with Crippen LogP contribution in [-0.4, -0.2) is 40.2 Å². The number of thiol groups is 1. The fourth-order valence-electron chi connectivity index (χ4n) is 1.22. The van der Waals surface area contributed by atoms with Crippen LogP contribution in [0.5, 0.6) is 0 Å². The lowest BCUT2D eigenvalue weighted by atomic mass is 10.5. The maximum atomic E-state index is 11.5. The van der Waals surface area contributed by atoms with Gasteiger partial charge in [-0.2, -0.15) is 0 Å². The summed E-state index contributed by atoms with van der Waals surface area (Å²) >= 11 is 3.98. The van der Waals surface area contributed by atoms with Crippen LogP contribution in [0.4, 0.5) is 4.79 Å². The Morgan fingerprint density at radius 3 is 2.62 bits per heavy atom. The third-order valence-corrected chi connectivity index (χ3v) is 3.40. The summed E-state index contributed by atoms with van der Waals surface area (Å²) in [5.74, 6) is -0.138. The van der Waals surface area contributed by atoms with E-state index in [1.165, 1.54) is 20.6 Å². The zero-order valence-corrected chi connectivity index (χ0v) is 9.27. The van der Waals surface area contributed by atoms with Gasteiger partial charge in [-0.05, 0) is 13.8 Å². The zero-order chi connectivity index (χ0) is 10.0. The molecule has 0 bridgehead atoms. The molecular weight excluding hydrogens is 208 g/mol. The minimum absolute atomic E-state index is 0.138. The lowest BCUT2D eigenvalue weighted by Gasteiger charge is -2.19. The summed E-state index contributed by atoms with van der Waals surface area (Å²) in [5.41, 5.74) is 0. The molecule has 0 aliphatic carbocycles. The lowest BCUT2D eigenvalue weighted by molar-refractivity contribution is -0.125. The maximum absolute atomic E-state index is 11.5. The van der Waals surface area contributed by atoms with Gasteiger partial charge in [-0.3, -0.25) is 4.79 Å². The molecule has 0 aromatic carbocycles. The number of amides is 3. The molecule has 1 atom stereocenters. The standard InChI is InChI=1S/C7H12N2O2S2/c1-3-8-4-6(10)9(7(8)11)5(2)13-12/h5,12H,3-4H2,1-2H3. The van der Waals surface area contributed by atoms with E-state index in [1.54, 1.807) is 6.92 Å². The van der Waals surface area contributed by atoms with Crippen molar-refractivity contribution in [2.24, 2.45) is 0 Å². The van der Waals surface area contributed by atoms with E-state index < -0.39 is 0 Å². The van der Waals surface area contributed by atoms with Crippen LogP contribution in [-0.2, 0) is 4.79 Å². The molecule has 0 aromatic rings. The zero-order valence-electron chi connectivity index (χ0n) is 7.56. The van der Waals surface area contributed by atoms with Crippen LogP contribution < -0.4 is 0 Å². The number of rotatable bonds is 3. The molecule has 74 valence electrons. The highest BCUT2D eigenvalue weighted by Crippen LogP contribution is 2.23. The van der Waals surface area contributed by atoms with Crippen molar-refractivity contribution in [3.63, 3.8) is 0 Å². The average Bonchev–Trinajstić information content (AvgIpc) is 2.40. The van der Waals surface area contributed by atoms with E-state index in [-0.39, 0.29) is 23.9 Å². The van der Waals surface area contributed by atoms with Crippen molar-refractivity contribution in [1.29, 1.82) is 0 Å². The van der Waals surface area contributed by atoms with Gasteiger partial charge < -0.3 is 4.90 Å². The van der Waals surface area contributed by atoms with E-state index in [4.69, 9.17) is 0 Å². The van der Waals surface area contributed by atoms with E-state index in [0.717, 1.165) is 0 Å². The van der Waals surface area contributed by atoms with Gasteiger partial charge in [0.1, 0.15) is 6.54 Å². The fraction of sp³-hybridized carbons (Fsp3) is 0.714. The van der Waals surface area contributed by atoms with Crippen LogP contribution >= 0.6 is 22.5 Å². The number of imide groups is 1. The second kappa shape index (κ2) is 4.23. The predicted molar refractivity (Wildman–Crippen MR) is 55.5 cm³/mol. The molecule has 1 rings (SSSR count). The van der Waals surface area contributed by atoms with Gasteiger partial charge in [0.2, 0.25) is 0 Å². The first-order valence-corrected chi connectivity index (χ1v) is 5.96. The van der Waals surface area contributed by atoms with Gasteiger partial charge >= 0.3 is 6.03 Å². The van der Waals surface area contributed by atoms with Crippen molar-refractivity contribution in [2.75, 3.05) is 13.1 Å². The Hall–Kier alpha value is -0.360. The molecule has 13 heavy (non-hydrogen) atoms. The van der Waals surface area contributed by atoms with Crippen molar-refractivity contribution in [3.8, 4) is 0 Å². The van der Waals surface area contributed by atoms with Crippen molar-refractivity contribution in [2.45, 2.75) is 19.2 Å². The minimum Gasteiger partial charge on any atom is -0.315 e. The van der Waals surface area contributed by atoms with Crippen molar-refractivity contribution >= 4 is 34.4 Å². The highest BCUT2D eigenvalue weighted by Gasteiger charge is 2.37.